The standard InChI is InChI=1S/C9H7BrClFO2/c1-14-9-3-6(11)7(12)2-5(9)8(13)4-10/h2-3H,4H2,1H3. The summed E-state index contributed by atoms with van der Waals surface area (Å²) in [5, 5.41) is 0.0534. The van der Waals surface area contributed by atoms with Crippen molar-refractivity contribution in [2.24, 2.45) is 0 Å². The molecule has 0 spiro atoms. The molecule has 0 radical (unpaired) electrons. The van der Waals surface area contributed by atoms with Gasteiger partial charge in [-0.15, -0.1) is 0 Å². The Morgan fingerprint density at radius 1 is 1.64 bits per heavy atom. The third-order valence-electron chi connectivity index (χ3n) is 1.66. The quantitative estimate of drug-likeness (QED) is 0.629. The van der Waals surface area contributed by atoms with Crippen molar-refractivity contribution in [3.05, 3.63) is 28.5 Å². The molecule has 14 heavy (non-hydrogen) atoms. The van der Waals surface area contributed by atoms with Crippen LogP contribution in [0.4, 0.5) is 4.39 Å². The molecule has 1 aromatic rings. The van der Waals surface area contributed by atoms with E-state index in [9.17, 15) is 9.18 Å². The van der Waals surface area contributed by atoms with Gasteiger partial charge in [-0.2, -0.15) is 0 Å². The number of carbonyl (C=O) groups excluding carboxylic acids is 1. The third kappa shape index (κ3) is 2.25. The van der Waals surface area contributed by atoms with E-state index in [2.05, 4.69) is 15.9 Å². The summed E-state index contributed by atoms with van der Waals surface area (Å²) in [7, 11) is 1.40. The largest absolute Gasteiger partial charge is 0.496 e. The van der Waals surface area contributed by atoms with E-state index in [4.69, 9.17) is 16.3 Å². The lowest BCUT2D eigenvalue weighted by molar-refractivity contribution is 0.102. The highest BCUT2D eigenvalue weighted by atomic mass is 79.9. The average Bonchev–Trinajstić information content (AvgIpc) is 2.20. The second-order valence-corrected chi connectivity index (χ2v) is 3.49. The van der Waals surface area contributed by atoms with Gasteiger partial charge < -0.3 is 4.74 Å². The highest BCUT2D eigenvalue weighted by Gasteiger charge is 2.14. The van der Waals surface area contributed by atoms with E-state index in [-0.39, 0.29) is 27.4 Å². The van der Waals surface area contributed by atoms with Crippen LogP contribution in [0, 0.1) is 5.82 Å². The summed E-state index contributed by atoms with van der Waals surface area (Å²) in [6.45, 7) is 0. The Kier molecular flexibility index (Phi) is 3.89. The van der Waals surface area contributed by atoms with Crippen molar-refractivity contribution in [2.75, 3.05) is 12.4 Å². The number of ether oxygens (including phenoxy) is 1. The fourth-order valence-electron chi connectivity index (χ4n) is 0.987. The monoisotopic (exact) mass is 280 g/mol. The summed E-state index contributed by atoms with van der Waals surface area (Å²) in [4.78, 5) is 11.3. The van der Waals surface area contributed by atoms with Crippen molar-refractivity contribution >= 4 is 33.3 Å². The summed E-state index contributed by atoms with van der Waals surface area (Å²) in [5.74, 6) is -0.602. The van der Waals surface area contributed by atoms with E-state index >= 15 is 0 Å². The zero-order valence-electron chi connectivity index (χ0n) is 7.31. The number of hydrogen-bond acceptors (Lipinski definition) is 2. The minimum atomic E-state index is -0.628. The van der Waals surface area contributed by atoms with Gasteiger partial charge in [0.25, 0.3) is 0 Å². The fourth-order valence-corrected chi connectivity index (χ4v) is 1.44. The summed E-state index contributed by atoms with van der Waals surface area (Å²) in [5.41, 5.74) is 0.186. The molecule has 0 fully saturated rings. The van der Waals surface area contributed by atoms with Crippen molar-refractivity contribution < 1.29 is 13.9 Å². The first-order valence-electron chi connectivity index (χ1n) is 3.72. The van der Waals surface area contributed by atoms with Gasteiger partial charge in [-0.25, -0.2) is 4.39 Å². The van der Waals surface area contributed by atoms with Crippen molar-refractivity contribution in [1.82, 2.24) is 0 Å². The SMILES string of the molecule is COc1cc(Cl)c(F)cc1C(=O)CBr. The molecule has 0 aliphatic heterocycles. The molecule has 0 aliphatic carbocycles. The van der Waals surface area contributed by atoms with E-state index < -0.39 is 5.82 Å². The van der Waals surface area contributed by atoms with Crippen LogP contribution in [0.5, 0.6) is 5.75 Å². The van der Waals surface area contributed by atoms with Crippen LogP contribution in [0.1, 0.15) is 10.4 Å². The van der Waals surface area contributed by atoms with Crippen LogP contribution in [0.15, 0.2) is 12.1 Å². The van der Waals surface area contributed by atoms with Gasteiger partial charge in [0.1, 0.15) is 11.6 Å². The molecule has 1 aromatic carbocycles. The first-order chi connectivity index (χ1) is 6.60. The second-order valence-electron chi connectivity index (χ2n) is 2.52. The Bertz CT molecular complexity index is 368. The molecule has 0 bridgehead atoms. The molecule has 0 aromatic heterocycles. The first-order valence-corrected chi connectivity index (χ1v) is 5.22. The van der Waals surface area contributed by atoms with E-state index in [0.717, 1.165) is 6.07 Å². The molecule has 76 valence electrons. The van der Waals surface area contributed by atoms with Gasteiger partial charge in [0.15, 0.2) is 5.78 Å². The molecule has 5 heteroatoms. The molecule has 0 saturated carbocycles. The van der Waals surface area contributed by atoms with Gasteiger partial charge in [-0.3, -0.25) is 4.79 Å². The minimum Gasteiger partial charge on any atom is -0.496 e. The fraction of sp³-hybridized carbons (Fsp3) is 0.222. The number of methoxy groups -OCH3 is 1. The maximum absolute atomic E-state index is 13.0. The number of alkyl halides is 1. The van der Waals surface area contributed by atoms with E-state index in [0.29, 0.717) is 0 Å². The molecule has 0 saturated heterocycles. The van der Waals surface area contributed by atoms with Crippen LogP contribution >= 0.6 is 27.5 Å². The number of carbonyl (C=O) groups is 1. The molecule has 1 rings (SSSR count). The Labute approximate surface area is 94.1 Å². The first kappa shape index (κ1) is 11.5. The van der Waals surface area contributed by atoms with Gasteiger partial charge in [0.05, 0.1) is 23.0 Å². The van der Waals surface area contributed by atoms with E-state index in [1.807, 2.05) is 0 Å². The molecular formula is C9H7BrClFO2. The number of halogens is 3. The number of rotatable bonds is 3. The van der Waals surface area contributed by atoms with Crippen LogP contribution in [-0.2, 0) is 0 Å². The van der Waals surface area contributed by atoms with E-state index in [1.54, 1.807) is 0 Å². The van der Waals surface area contributed by atoms with Crippen molar-refractivity contribution in [2.45, 2.75) is 0 Å². The molecule has 0 amide bonds. The lowest BCUT2D eigenvalue weighted by atomic mass is 10.1. The Balaban J connectivity index is 3.27. The van der Waals surface area contributed by atoms with Gasteiger partial charge >= 0.3 is 0 Å². The Morgan fingerprint density at radius 3 is 2.79 bits per heavy atom. The van der Waals surface area contributed by atoms with Gasteiger partial charge in [-0.1, -0.05) is 27.5 Å². The average molecular weight is 282 g/mol. The maximum atomic E-state index is 13.0. The van der Waals surface area contributed by atoms with Crippen LogP contribution in [0.2, 0.25) is 5.02 Å². The highest BCUT2D eigenvalue weighted by molar-refractivity contribution is 9.09. The normalized spacial score (nSPS) is 10.0. The number of Topliss-reactive ketones (excluding diaryl/α,β-unsaturated/α-hetero) is 1. The predicted molar refractivity (Wildman–Crippen MR) is 56.1 cm³/mol. The molecule has 0 aliphatic rings. The summed E-state index contributed by atoms with van der Waals surface area (Å²) < 4.78 is 17.9. The number of benzene rings is 1. The van der Waals surface area contributed by atoms with Crippen LogP contribution < -0.4 is 4.74 Å². The number of hydrogen-bond donors (Lipinski definition) is 0. The highest BCUT2D eigenvalue weighted by Crippen LogP contribution is 2.26. The third-order valence-corrected chi connectivity index (χ3v) is 2.46. The molecule has 0 N–H and O–H groups in total. The second kappa shape index (κ2) is 4.75. The zero-order chi connectivity index (χ0) is 10.7. The van der Waals surface area contributed by atoms with Gasteiger partial charge in [0.2, 0.25) is 0 Å². The van der Waals surface area contributed by atoms with Crippen molar-refractivity contribution in [3.8, 4) is 5.75 Å². The predicted octanol–water partition coefficient (Wildman–Crippen LogP) is 3.07. The topological polar surface area (TPSA) is 26.3 Å². The minimum absolute atomic E-state index is 0.0621. The molecule has 0 heterocycles. The van der Waals surface area contributed by atoms with Crippen molar-refractivity contribution in [1.29, 1.82) is 0 Å². The lowest BCUT2D eigenvalue weighted by Gasteiger charge is -2.07. The molecule has 0 unspecified atom stereocenters. The van der Waals surface area contributed by atoms with Gasteiger partial charge in [0, 0.05) is 6.07 Å². The number of ketones is 1. The Hall–Kier alpha value is -0.610. The molecule has 2 nitrogen and oxygen atoms in total. The zero-order valence-corrected chi connectivity index (χ0v) is 9.65. The van der Waals surface area contributed by atoms with Gasteiger partial charge in [-0.05, 0) is 6.07 Å². The van der Waals surface area contributed by atoms with Crippen molar-refractivity contribution in [3.63, 3.8) is 0 Å². The molecule has 0 atom stereocenters. The summed E-state index contributed by atoms with van der Waals surface area (Å²) >= 11 is 8.53. The Morgan fingerprint density at radius 2 is 2.29 bits per heavy atom. The summed E-state index contributed by atoms with van der Waals surface area (Å²) in [6.07, 6.45) is 0. The lowest BCUT2D eigenvalue weighted by Crippen LogP contribution is -2.04. The smallest absolute Gasteiger partial charge is 0.177 e. The van der Waals surface area contributed by atoms with Crippen LogP contribution in [0.25, 0.3) is 0 Å². The van der Waals surface area contributed by atoms with Crippen LogP contribution in [-0.4, -0.2) is 18.2 Å². The maximum Gasteiger partial charge on any atom is 0.177 e. The summed E-state index contributed by atoms with van der Waals surface area (Å²) in [6, 6.07) is 2.36. The molecular weight excluding hydrogens is 274 g/mol. The van der Waals surface area contributed by atoms with E-state index in [1.165, 1.54) is 13.2 Å². The van der Waals surface area contributed by atoms with Crippen LogP contribution in [0.3, 0.4) is 0 Å².